The molecular weight excluding hydrogens is 552 g/mol. The number of halogens is 5. The molecule has 8 nitrogen and oxygen atoms in total. The van der Waals surface area contributed by atoms with E-state index in [1.54, 1.807) is 17.9 Å². The second-order valence-electron chi connectivity index (χ2n) is 11.5. The number of likely N-dealkylation sites (tertiary alicyclic amines) is 1. The molecule has 3 aromatic rings. The summed E-state index contributed by atoms with van der Waals surface area (Å²) in [6.07, 6.45) is -0.162. The van der Waals surface area contributed by atoms with Crippen LogP contribution in [0.5, 0.6) is 0 Å². The van der Waals surface area contributed by atoms with Crippen molar-refractivity contribution >= 4 is 23.2 Å². The van der Waals surface area contributed by atoms with Gasteiger partial charge in [-0.1, -0.05) is 11.6 Å². The molecule has 0 spiro atoms. The van der Waals surface area contributed by atoms with Crippen LogP contribution >= 0.6 is 11.6 Å². The topological polar surface area (TPSA) is 88.2 Å². The third kappa shape index (κ3) is 4.69. The Morgan fingerprint density at radius 1 is 1.18 bits per heavy atom. The molecule has 214 valence electrons. The molecule has 13 heteroatoms. The fraction of sp³-hybridized carbons (Fsp3) is 0.519. The number of aromatic nitrogens is 4. The lowest BCUT2D eigenvalue weighted by atomic mass is 9.87. The van der Waals surface area contributed by atoms with Crippen molar-refractivity contribution in [2.45, 2.75) is 49.4 Å². The average Bonchev–Trinajstić information content (AvgIpc) is 3.60. The number of anilines is 1. The number of carbonyl (C=O) groups excluding carboxylic acids is 1. The molecule has 2 unspecified atom stereocenters. The molecule has 2 atom stereocenters. The van der Waals surface area contributed by atoms with Gasteiger partial charge in [0, 0.05) is 43.5 Å². The van der Waals surface area contributed by atoms with Crippen molar-refractivity contribution in [3.05, 3.63) is 64.2 Å². The molecule has 3 heterocycles. The third-order valence-electron chi connectivity index (χ3n) is 8.71. The van der Waals surface area contributed by atoms with E-state index in [1.165, 1.54) is 29.1 Å². The average molecular weight is 581 g/mol. The van der Waals surface area contributed by atoms with Crippen LogP contribution < -0.4 is 5.32 Å². The summed E-state index contributed by atoms with van der Waals surface area (Å²) in [5.74, 6) is -1.15. The summed E-state index contributed by atoms with van der Waals surface area (Å²) in [6.45, 7) is 1.22. The normalized spacial score (nSPS) is 27.1. The summed E-state index contributed by atoms with van der Waals surface area (Å²) in [6, 6.07) is 3.76. The van der Waals surface area contributed by atoms with Crippen LogP contribution in [0.1, 0.15) is 65.1 Å². The van der Waals surface area contributed by atoms with E-state index >= 15 is 0 Å². The molecule has 0 radical (unpaired) electrons. The van der Waals surface area contributed by atoms with Crippen molar-refractivity contribution in [2.24, 2.45) is 18.9 Å². The predicted molar refractivity (Wildman–Crippen MR) is 138 cm³/mol. The molecule has 1 aromatic carbocycles. The monoisotopic (exact) mass is 580 g/mol. The molecule has 1 saturated heterocycles. The van der Waals surface area contributed by atoms with Gasteiger partial charge in [-0.25, -0.2) is 9.37 Å². The first-order chi connectivity index (χ1) is 18.8. The van der Waals surface area contributed by atoms with Crippen molar-refractivity contribution in [2.75, 3.05) is 25.5 Å². The number of likely N-dealkylation sites (N-methyl/N-ethyl adjacent to an activating group) is 1. The number of aliphatic hydroxyl groups is 1. The molecule has 40 heavy (non-hydrogen) atoms. The minimum Gasteiger partial charge on any atom is -0.385 e. The first-order valence-electron chi connectivity index (χ1n) is 13.2. The zero-order valence-electron chi connectivity index (χ0n) is 21.9. The van der Waals surface area contributed by atoms with Crippen LogP contribution in [0.25, 0.3) is 0 Å². The number of hydrogen-bond donors (Lipinski definition) is 2. The van der Waals surface area contributed by atoms with Gasteiger partial charge in [0.2, 0.25) is 0 Å². The Balaban J connectivity index is 1.20. The van der Waals surface area contributed by atoms with Crippen molar-refractivity contribution in [3.63, 3.8) is 0 Å². The van der Waals surface area contributed by atoms with Gasteiger partial charge >= 0.3 is 6.18 Å². The number of carbonyl (C=O) groups is 1. The predicted octanol–water partition coefficient (Wildman–Crippen LogP) is 4.96. The van der Waals surface area contributed by atoms with E-state index in [4.69, 9.17) is 11.6 Å². The summed E-state index contributed by atoms with van der Waals surface area (Å²) in [5.41, 5.74) is -1.48. The number of hydrogen-bond acceptors (Lipinski definition) is 5. The highest BCUT2D eigenvalue weighted by Crippen LogP contribution is 2.58. The largest absolute Gasteiger partial charge is 0.435 e. The second-order valence-corrected chi connectivity index (χ2v) is 12.0. The van der Waals surface area contributed by atoms with Crippen molar-refractivity contribution in [3.8, 4) is 0 Å². The van der Waals surface area contributed by atoms with Crippen LogP contribution in [0.4, 0.5) is 23.2 Å². The number of aryl methyl sites for hydroxylation is 1. The maximum atomic E-state index is 14.0. The number of fused-ring (bicyclic) bond motifs is 1. The molecule has 1 amide bonds. The molecule has 0 bridgehead atoms. The third-order valence-corrected chi connectivity index (χ3v) is 9.00. The van der Waals surface area contributed by atoms with Gasteiger partial charge in [0.15, 0.2) is 5.69 Å². The lowest BCUT2D eigenvalue weighted by Crippen LogP contribution is -2.45. The van der Waals surface area contributed by atoms with E-state index in [-0.39, 0.29) is 47.2 Å². The Hall–Kier alpha value is -2.96. The molecule has 2 aliphatic carbocycles. The highest BCUT2D eigenvalue weighted by atomic mass is 35.5. The van der Waals surface area contributed by atoms with E-state index in [2.05, 4.69) is 15.4 Å². The molecule has 2 saturated carbocycles. The minimum atomic E-state index is -4.67. The van der Waals surface area contributed by atoms with E-state index in [0.717, 1.165) is 0 Å². The number of nitrogens with one attached hydrogen (secondary N) is 1. The minimum absolute atomic E-state index is 0.0249. The zero-order chi connectivity index (χ0) is 28.6. The SMILES string of the molecule is CN1CC(n2cc(C3(O)CC4CC(c5ncn(C)c5C(=O)Nc5ccc(F)c(Cl)c5)CC4C3)c(C(F)(F)F)n2)C1. The lowest BCUT2D eigenvalue weighted by molar-refractivity contribution is -0.144. The smallest absolute Gasteiger partial charge is 0.385 e. The lowest BCUT2D eigenvalue weighted by Gasteiger charge is -2.36. The second kappa shape index (κ2) is 9.56. The molecule has 2 aromatic heterocycles. The van der Waals surface area contributed by atoms with Gasteiger partial charge < -0.3 is 19.9 Å². The zero-order valence-corrected chi connectivity index (χ0v) is 22.7. The summed E-state index contributed by atoms with van der Waals surface area (Å²) in [5, 5.41) is 18.1. The number of imidazole rings is 1. The number of benzene rings is 1. The van der Waals surface area contributed by atoms with E-state index in [1.807, 2.05) is 11.9 Å². The Kier molecular flexibility index (Phi) is 6.50. The molecule has 1 aliphatic heterocycles. The van der Waals surface area contributed by atoms with Gasteiger partial charge in [0.05, 0.1) is 28.7 Å². The number of nitrogens with zero attached hydrogens (tertiary/aromatic N) is 5. The first-order valence-corrected chi connectivity index (χ1v) is 13.6. The highest BCUT2D eigenvalue weighted by molar-refractivity contribution is 6.31. The standard InChI is InChI=1S/C27H29ClF4N6O2/c1-36-10-18(11-36)38-12-19(24(35-38)27(30,31)32)26(40)8-15-5-14(6-16(15)9-26)22-23(37(2)13-33-22)25(39)34-17-3-4-21(29)20(28)7-17/h3-4,7,12-16,18,40H,5-6,8-11H2,1-2H3,(H,34,39). The maximum Gasteiger partial charge on any atom is 0.435 e. The molecule has 2 N–H and O–H groups in total. The van der Waals surface area contributed by atoms with Crippen molar-refractivity contribution in [1.82, 2.24) is 24.2 Å². The van der Waals surface area contributed by atoms with Crippen LogP contribution in [0.15, 0.2) is 30.7 Å². The fourth-order valence-corrected chi connectivity index (χ4v) is 7.04. The fourth-order valence-electron chi connectivity index (χ4n) is 6.86. The first kappa shape index (κ1) is 27.2. The number of amides is 1. The van der Waals surface area contributed by atoms with Crippen LogP contribution in [0, 0.1) is 17.7 Å². The number of rotatable bonds is 5. The Morgan fingerprint density at radius 3 is 2.45 bits per heavy atom. The summed E-state index contributed by atoms with van der Waals surface area (Å²) in [7, 11) is 3.59. The van der Waals surface area contributed by atoms with Crippen LogP contribution in [0.3, 0.4) is 0 Å². The molecule has 3 fully saturated rings. The number of alkyl halides is 3. The Bertz CT molecular complexity index is 1450. The Morgan fingerprint density at radius 2 is 1.85 bits per heavy atom. The van der Waals surface area contributed by atoms with E-state index in [9.17, 15) is 27.5 Å². The summed E-state index contributed by atoms with van der Waals surface area (Å²) >= 11 is 5.84. The summed E-state index contributed by atoms with van der Waals surface area (Å²) < 4.78 is 58.4. The summed E-state index contributed by atoms with van der Waals surface area (Å²) in [4.78, 5) is 19.7. The maximum absolute atomic E-state index is 14.0. The van der Waals surface area contributed by atoms with Gasteiger partial charge in [-0.15, -0.1) is 0 Å². The van der Waals surface area contributed by atoms with E-state index < -0.39 is 29.2 Å². The van der Waals surface area contributed by atoms with Crippen molar-refractivity contribution < 1.29 is 27.5 Å². The highest BCUT2D eigenvalue weighted by Gasteiger charge is 2.54. The van der Waals surface area contributed by atoms with Gasteiger partial charge in [0.25, 0.3) is 5.91 Å². The van der Waals surface area contributed by atoms with Gasteiger partial charge in [-0.3, -0.25) is 9.48 Å². The van der Waals surface area contributed by atoms with Gasteiger partial charge in [0.1, 0.15) is 11.5 Å². The quantitative estimate of drug-likeness (QED) is 0.417. The molecule has 6 rings (SSSR count). The molecule has 3 aliphatic rings. The van der Waals surface area contributed by atoms with Gasteiger partial charge in [-0.05, 0) is 62.8 Å². The van der Waals surface area contributed by atoms with E-state index in [0.29, 0.717) is 43.0 Å². The van der Waals surface area contributed by atoms with Crippen LogP contribution in [0.2, 0.25) is 5.02 Å². The van der Waals surface area contributed by atoms with Crippen LogP contribution in [-0.2, 0) is 18.8 Å². The van der Waals surface area contributed by atoms with Gasteiger partial charge in [-0.2, -0.15) is 18.3 Å². The van der Waals surface area contributed by atoms with Crippen LogP contribution in [-0.4, -0.2) is 55.4 Å². The molecular formula is C27H29ClF4N6O2. The van der Waals surface area contributed by atoms with Crippen molar-refractivity contribution in [1.29, 1.82) is 0 Å². The Labute approximate surface area is 232 Å².